The summed E-state index contributed by atoms with van der Waals surface area (Å²) in [6.45, 7) is 1.90. The maximum Gasteiger partial charge on any atom is 0.339 e. The molecular weight excluding hydrogens is 404 g/mol. The van der Waals surface area contributed by atoms with Crippen LogP contribution in [0.5, 0.6) is 0 Å². The van der Waals surface area contributed by atoms with Gasteiger partial charge in [0.05, 0.1) is 39.9 Å². The predicted molar refractivity (Wildman–Crippen MR) is 110 cm³/mol. The molecule has 5 rings (SSSR count). The van der Waals surface area contributed by atoms with E-state index in [9.17, 15) is 13.2 Å². The second-order valence-electron chi connectivity index (χ2n) is 8.05. The second kappa shape index (κ2) is 7.16. The molecule has 2 fully saturated rings. The largest absolute Gasteiger partial charge is 0.456 e. The molecule has 156 valence electrons. The summed E-state index contributed by atoms with van der Waals surface area (Å²) in [5.41, 5.74) is 3.16. The minimum absolute atomic E-state index is 0.0536. The number of aryl methyl sites for hydroxylation is 1. The lowest BCUT2D eigenvalue weighted by molar-refractivity contribution is 0.0470. The first-order valence-electron chi connectivity index (χ1n) is 10.1. The Bertz CT molecular complexity index is 1230. The standard InChI is InChI=1S/C21H22N4O4S/c1-13-19-17(21(26)29-11-15-4-2-3-8-22-15)10-18(14-5-6-14)23-20(19)25(24-13)16-7-9-30(27,28)12-16/h2-4,8,10,14,16H,5-7,9,11-12H2,1H3. The highest BCUT2D eigenvalue weighted by atomic mass is 32.2. The minimum atomic E-state index is -3.07. The summed E-state index contributed by atoms with van der Waals surface area (Å²) < 4.78 is 31.2. The van der Waals surface area contributed by atoms with Gasteiger partial charge in [0, 0.05) is 17.8 Å². The summed E-state index contributed by atoms with van der Waals surface area (Å²) in [6.07, 6.45) is 4.23. The van der Waals surface area contributed by atoms with Crippen LogP contribution in [0.4, 0.5) is 0 Å². The van der Waals surface area contributed by atoms with E-state index in [0.29, 0.717) is 40.3 Å². The monoisotopic (exact) mass is 426 g/mol. The number of nitrogens with zero attached hydrogens (tertiary/aromatic N) is 4. The van der Waals surface area contributed by atoms with Crippen molar-refractivity contribution in [3.63, 3.8) is 0 Å². The number of aromatic nitrogens is 4. The van der Waals surface area contributed by atoms with E-state index >= 15 is 0 Å². The van der Waals surface area contributed by atoms with Gasteiger partial charge in [0.25, 0.3) is 0 Å². The SMILES string of the molecule is Cc1nn(C2CCS(=O)(=O)C2)c2nc(C3CC3)cc(C(=O)OCc3ccccn3)c12. The van der Waals surface area contributed by atoms with Crippen LogP contribution in [0.3, 0.4) is 0 Å². The minimum Gasteiger partial charge on any atom is -0.456 e. The van der Waals surface area contributed by atoms with Crippen LogP contribution in [-0.2, 0) is 21.2 Å². The Morgan fingerprint density at radius 1 is 1.27 bits per heavy atom. The Morgan fingerprint density at radius 3 is 2.77 bits per heavy atom. The highest BCUT2D eigenvalue weighted by molar-refractivity contribution is 7.91. The van der Waals surface area contributed by atoms with Crippen molar-refractivity contribution in [1.29, 1.82) is 0 Å². The van der Waals surface area contributed by atoms with Crippen LogP contribution in [-0.4, -0.2) is 45.6 Å². The Kier molecular flexibility index (Phi) is 4.57. The lowest BCUT2D eigenvalue weighted by Gasteiger charge is -2.11. The van der Waals surface area contributed by atoms with Crippen LogP contribution in [0.15, 0.2) is 30.5 Å². The van der Waals surface area contributed by atoms with Crippen LogP contribution < -0.4 is 0 Å². The Balaban J connectivity index is 1.55. The van der Waals surface area contributed by atoms with Gasteiger partial charge in [-0.15, -0.1) is 0 Å². The summed E-state index contributed by atoms with van der Waals surface area (Å²) in [5.74, 6) is 0.0848. The number of hydrogen-bond donors (Lipinski definition) is 0. The van der Waals surface area contributed by atoms with Crippen molar-refractivity contribution in [2.75, 3.05) is 11.5 Å². The molecule has 0 aromatic carbocycles. The summed E-state index contributed by atoms with van der Waals surface area (Å²) in [5, 5.41) is 5.22. The molecule has 1 atom stereocenters. The summed E-state index contributed by atoms with van der Waals surface area (Å²) >= 11 is 0. The van der Waals surface area contributed by atoms with Gasteiger partial charge in [-0.2, -0.15) is 5.10 Å². The van der Waals surface area contributed by atoms with Crippen LogP contribution in [0, 0.1) is 6.92 Å². The Morgan fingerprint density at radius 2 is 2.10 bits per heavy atom. The van der Waals surface area contributed by atoms with Gasteiger partial charge < -0.3 is 4.74 Å². The number of hydrogen-bond acceptors (Lipinski definition) is 7. The molecule has 4 heterocycles. The lowest BCUT2D eigenvalue weighted by atomic mass is 10.1. The molecule has 0 radical (unpaired) electrons. The molecule has 0 amide bonds. The van der Waals surface area contributed by atoms with E-state index in [1.54, 1.807) is 23.0 Å². The van der Waals surface area contributed by atoms with Gasteiger partial charge in [-0.25, -0.2) is 22.9 Å². The van der Waals surface area contributed by atoms with Gasteiger partial charge >= 0.3 is 5.97 Å². The number of fused-ring (bicyclic) bond motifs is 1. The van der Waals surface area contributed by atoms with Gasteiger partial charge in [0.15, 0.2) is 15.5 Å². The quantitative estimate of drug-likeness (QED) is 0.578. The van der Waals surface area contributed by atoms with E-state index in [1.165, 1.54) is 0 Å². The zero-order valence-corrected chi connectivity index (χ0v) is 17.4. The average molecular weight is 426 g/mol. The van der Waals surface area contributed by atoms with E-state index in [0.717, 1.165) is 18.5 Å². The van der Waals surface area contributed by atoms with Crippen molar-refractivity contribution in [2.24, 2.45) is 0 Å². The van der Waals surface area contributed by atoms with E-state index < -0.39 is 15.8 Å². The molecular formula is C21H22N4O4S. The topological polar surface area (TPSA) is 104 Å². The third-order valence-electron chi connectivity index (χ3n) is 5.70. The molecule has 9 heteroatoms. The number of ether oxygens (including phenoxy) is 1. The fraction of sp³-hybridized carbons (Fsp3) is 0.429. The fourth-order valence-corrected chi connectivity index (χ4v) is 5.70. The van der Waals surface area contributed by atoms with E-state index in [2.05, 4.69) is 10.1 Å². The second-order valence-corrected chi connectivity index (χ2v) is 10.3. The average Bonchev–Trinajstić information content (AvgIpc) is 3.45. The van der Waals surface area contributed by atoms with Gasteiger partial charge in [-0.1, -0.05) is 6.07 Å². The number of esters is 1. The summed E-state index contributed by atoms with van der Waals surface area (Å²) in [7, 11) is -3.07. The zero-order valence-electron chi connectivity index (χ0n) is 16.6. The lowest BCUT2D eigenvalue weighted by Crippen LogP contribution is -2.14. The van der Waals surface area contributed by atoms with E-state index in [4.69, 9.17) is 9.72 Å². The van der Waals surface area contributed by atoms with Crippen LogP contribution in [0.2, 0.25) is 0 Å². The first-order chi connectivity index (χ1) is 14.4. The molecule has 0 spiro atoms. The molecule has 3 aromatic heterocycles. The molecule has 8 nitrogen and oxygen atoms in total. The molecule has 30 heavy (non-hydrogen) atoms. The number of sulfone groups is 1. The van der Waals surface area contributed by atoms with Crippen molar-refractivity contribution in [3.8, 4) is 0 Å². The normalized spacial score (nSPS) is 20.5. The third-order valence-corrected chi connectivity index (χ3v) is 7.45. The van der Waals surface area contributed by atoms with Gasteiger partial charge in [-0.3, -0.25) is 4.98 Å². The van der Waals surface area contributed by atoms with Gasteiger partial charge in [0.1, 0.15) is 6.61 Å². The molecule has 3 aromatic rings. The number of rotatable bonds is 5. The molecule has 2 aliphatic rings. The molecule has 1 unspecified atom stereocenters. The first-order valence-corrected chi connectivity index (χ1v) is 11.9. The number of pyridine rings is 2. The van der Waals surface area contributed by atoms with Crippen LogP contribution in [0.1, 0.15) is 58.7 Å². The maximum absolute atomic E-state index is 13.0. The van der Waals surface area contributed by atoms with Crippen molar-refractivity contribution in [1.82, 2.24) is 19.7 Å². The number of carbonyl (C=O) groups excluding carboxylic acids is 1. The van der Waals surface area contributed by atoms with Crippen molar-refractivity contribution < 1.29 is 17.9 Å². The predicted octanol–water partition coefficient (Wildman–Crippen LogP) is 2.73. The molecule has 1 aliphatic carbocycles. The summed E-state index contributed by atoms with van der Waals surface area (Å²) in [4.78, 5) is 22.0. The maximum atomic E-state index is 13.0. The van der Waals surface area contributed by atoms with E-state index in [1.807, 2.05) is 19.1 Å². The highest BCUT2D eigenvalue weighted by Gasteiger charge is 2.34. The molecule has 1 saturated carbocycles. The fourth-order valence-electron chi connectivity index (χ4n) is 4.01. The molecule has 0 N–H and O–H groups in total. The van der Waals surface area contributed by atoms with Crippen LogP contribution >= 0.6 is 0 Å². The highest BCUT2D eigenvalue weighted by Crippen LogP contribution is 2.41. The third kappa shape index (κ3) is 3.58. The smallest absolute Gasteiger partial charge is 0.339 e. The molecule has 1 saturated heterocycles. The number of carbonyl (C=O) groups is 1. The Hall–Kier alpha value is -2.81. The Labute approximate surface area is 174 Å². The van der Waals surface area contributed by atoms with Gasteiger partial charge in [-0.05, 0) is 44.4 Å². The van der Waals surface area contributed by atoms with Crippen molar-refractivity contribution in [2.45, 2.75) is 44.8 Å². The molecule has 0 bridgehead atoms. The summed E-state index contributed by atoms with van der Waals surface area (Å²) in [6, 6.07) is 7.00. The van der Waals surface area contributed by atoms with E-state index in [-0.39, 0.29) is 24.2 Å². The zero-order chi connectivity index (χ0) is 20.9. The van der Waals surface area contributed by atoms with Crippen molar-refractivity contribution in [3.05, 3.63) is 53.1 Å². The van der Waals surface area contributed by atoms with Crippen molar-refractivity contribution >= 4 is 26.8 Å². The molecule has 1 aliphatic heterocycles. The van der Waals surface area contributed by atoms with Gasteiger partial charge in [0.2, 0.25) is 0 Å². The van der Waals surface area contributed by atoms with Crippen LogP contribution in [0.25, 0.3) is 11.0 Å². The first kappa shape index (κ1) is 19.2.